The number of anilines is 3. The first-order chi connectivity index (χ1) is 19.1. The number of carboxylic acids is 1. The summed E-state index contributed by atoms with van der Waals surface area (Å²) >= 11 is 0. The largest absolute Gasteiger partial charge is 0.477 e. The second kappa shape index (κ2) is 12.4. The number of carboxylic acid groups (broad SMARTS) is 1. The summed E-state index contributed by atoms with van der Waals surface area (Å²) in [4.78, 5) is 37.8. The van der Waals surface area contributed by atoms with Crippen LogP contribution in [0.25, 0.3) is 5.57 Å². The van der Waals surface area contributed by atoms with E-state index >= 15 is 0 Å². The maximum absolute atomic E-state index is 13.4. The van der Waals surface area contributed by atoms with E-state index in [0.717, 1.165) is 24.8 Å². The number of benzene rings is 3. The summed E-state index contributed by atoms with van der Waals surface area (Å²) in [5, 5.41) is 13.3. The number of halogens is 2. The Morgan fingerprint density at radius 2 is 1.70 bits per heavy atom. The predicted octanol–water partition coefficient (Wildman–Crippen LogP) is 5.91. The minimum absolute atomic E-state index is 0.0748. The molecule has 1 aliphatic rings. The van der Waals surface area contributed by atoms with Crippen LogP contribution in [0.5, 0.6) is 0 Å². The molecule has 0 aliphatic heterocycles. The van der Waals surface area contributed by atoms with Gasteiger partial charge in [0.25, 0.3) is 5.91 Å². The van der Waals surface area contributed by atoms with Crippen molar-refractivity contribution in [3.05, 3.63) is 95.6 Å². The maximum atomic E-state index is 13.4. The Balaban J connectivity index is 1.52. The summed E-state index contributed by atoms with van der Waals surface area (Å²) in [5.41, 5.74) is 10.7. The zero-order valence-corrected chi connectivity index (χ0v) is 21.7. The van der Waals surface area contributed by atoms with Gasteiger partial charge in [0.15, 0.2) is 0 Å². The number of nitrogen functional groups attached to an aromatic ring is 1. The monoisotopic (exact) mass is 548 g/mol. The predicted molar refractivity (Wildman–Crippen MR) is 150 cm³/mol. The van der Waals surface area contributed by atoms with Crippen molar-refractivity contribution in [2.75, 3.05) is 22.5 Å². The van der Waals surface area contributed by atoms with E-state index in [9.17, 15) is 23.2 Å². The first kappa shape index (κ1) is 28.3. The molecule has 1 aliphatic carbocycles. The Morgan fingerprint density at radius 1 is 0.975 bits per heavy atom. The van der Waals surface area contributed by atoms with Crippen LogP contribution in [0.2, 0.25) is 0 Å². The Hall–Kier alpha value is -4.73. The van der Waals surface area contributed by atoms with Gasteiger partial charge in [0.2, 0.25) is 0 Å². The van der Waals surface area contributed by atoms with E-state index in [-0.39, 0.29) is 12.1 Å². The normalized spacial score (nSPS) is 13.2. The van der Waals surface area contributed by atoms with Crippen LogP contribution in [0.4, 0.5) is 30.6 Å². The molecule has 8 nitrogen and oxygen atoms in total. The molecule has 0 radical (unpaired) electrons. The number of hydrogen-bond donors (Lipinski definition) is 4. The number of nitrogens with zero attached hydrogens (tertiary/aromatic N) is 1. The Morgan fingerprint density at radius 3 is 2.33 bits per heavy atom. The molecule has 4 rings (SSSR count). The lowest BCUT2D eigenvalue weighted by molar-refractivity contribution is -0.163. The van der Waals surface area contributed by atoms with E-state index < -0.39 is 30.4 Å². The number of nitrogens with one attached hydrogen (secondary N) is 2. The molecule has 0 unspecified atom stereocenters. The molecule has 3 amide bonds. The molecule has 0 fully saturated rings. The highest BCUT2D eigenvalue weighted by Gasteiger charge is 2.39. The second-order valence-electron chi connectivity index (χ2n) is 9.55. The van der Waals surface area contributed by atoms with Gasteiger partial charge < -0.3 is 21.5 Å². The highest BCUT2D eigenvalue weighted by molar-refractivity contribution is 6.02. The highest BCUT2D eigenvalue weighted by atomic mass is 19.3. The van der Waals surface area contributed by atoms with E-state index in [1.807, 2.05) is 29.6 Å². The average molecular weight is 549 g/mol. The number of amides is 3. The molecule has 5 N–H and O–H groups in total. The van der Waals surface area contributed by atoms with Crippen molar-refractivity contribution < 1.29 is 28.3 Å². The summed E-state index contributed by atoms with van der Waals surface area (Å²) in [5.74, 6) is -7.23. The number of urea groups is 1. The lowest BCUT2D eigenvalue weighted by Gasteiger charge is -2.24. The van der Waals surface area contributed by atoms with Gasteiger partial charge in [-0.3, -0.25) is 9.69 Å². The molecular weight excluding hydrogens is 518 g/mol. The number of nitrogens with two attached hydrogens (primary N) is 1. The third kappa shape index (κ3) is 7.22. The molecule has 0 saturated heterocycles. The number of rotatable bonds is 9. The van der Waals surface area contributed by atoms with Crippen molar-refractivity contribution in [3.63, 3.8) is 0 Å². The van der Waals surface area contributed by atoms with Crippen molar-refractivity contribution in [2.45, 2.75) is 38.2 Å². The summed E-state index contributed by atoms with van der Waals surface area (Å²) in [7, 11) is 0. The van der Waals surface area contributed by atoms with Crippen molar-refractivity contribution in [3.8, 4) is 0 Å². The number of carbonyl (C=O) groups excluding carboxylic acids is 2. The van der Waals surface area contributed by atoms with E-state index in [1.165, 1.54) is 24.1 Å². The van der Waals surface area contributed by atoms with Crippen LogP contribution in [-0.2, 0) is 11.3 Å². The third-order valence-electron chi connectivity index (χ3n) is 6.56. The number of allylic oxidation sites excluding steroid dienone is 2. The molecule has 0 saturated carbocycles. The molecular formula is C30H30F2N4O4. The van der Waals surface area contributed by atoms with Crippen LogP contribution >= 0.6 is 0 Å². The fourth-order valence-electron chi connectivity index (χ4n) is 4.36. The van der Waals surface area contributed by atoms with Crippen molar-refractivity contribution in [1.29, 1.82) is 0 Å². The van der Waals surface area contributed by atoms with Crippen molar-refractivity contribution >= 4 is 40.5 Å². The second-order valence-corrected chi connectivity index (χ2v) is 9.55. The van der Waals surface area contributed by atoms with Crippen LogP contribution in [0.1, 0.15) is 47.2 Å². The van der Waals surface area contributed by atoms with Gasteiger partial charge in [-0.25, -0.2) is 9.59 Å². The van der Waals surface area contributed by atoms with E-state index in [0.29, 0.717) is 22.6 Å². The highest BCUT2D eigenvalue weighted by Crippen LogP contribution is 2.29. The molecule has 0 aromatic heterocycles. The number of hydrogen-bond acceptors (Lipinski definition) is 4. The van der Waals surface area contributed by atoms with Crippen LogP contribution < -0.4 is 21.3 Å². The zero-order valence-electron chi connectivity index (χ0n) is 21.7. The molecule has 0 atom stereocenters. The van der Waals surface area contributed by atoms with E-state index in [4.69, 9.17) is 10.8 Å². The van der Waals surface area contributed by atoms with Gasteiger partial charge in [-0.1, -0.05) is 36.4 Å². The summed E-state index contributed by atoms with van der Waals surface area (Å²) in [6.07, 6.45) is 6.67. The number of alkyl halides is 2. The molecule has 10 heteroatoms. The van der Waals surface area contributed by atoms with E-state index in [1.54, 1.807) is 41.3 Å². The molecule has 3 aromatic rings. The van der Waals surface area contributed by atoms with Crippen LogP contribution in [0.15, 0.2) is 78.9 Å². The fraction of sp³-hybridized carbons (Fsp3) is 0.233. The third-order valence-corrected chi connectivity index (χ3v) is 6.56. The Kier molecular flexibility index (Phi) is 8.78. The molecule has 0 bridgehead atoms. The number of aliphatic carboxylic acids is 1. The first-order valence-corrected chi connectivity index (χ1v) is 12.8. The van der Waals surface area contributed by atoms with Gasteiger partial charge in [0, 0.05) is 22.6 Å². The van der Waals surface area contributed by atoms with Crippen molar-refractivity contribution in [1.82, 2.24) is 5.32 Å². The zero-order chi connectivity index (χ0) is 28.7. The Bertz CT molecular complexity index is 1410. The van der Waals surface area contributed by atoms with Gasteiger partial charge in [0.1, 0.15) is 0 Å². The molecule has 40 heavy (non-hydrogen) atoms. The van der Waals surface area contributed by atoms with Crippen molar-refractivity contribution in [2.24, 2.45) is 0 Å². The minimum atomic E-state index is -4.07. The lowest BCUT2D eigenvalue weighted by Crippen LogP contribution is -2.42. The molecule has 0 heterocycles. The Labute approximate surface area is 230 Å². The van der Waals surface area contributed by atoms with Crippen LogP contribution in [0, 0.1) is 0 Å². The van der Waals surface area contributed by atoms with Gasteiger partial charge >= 0.3 is 17.9 Å². The smallest absolute Gasteiger partial charge is 0.376 e. The molecule has 3 aromatic carbocycles. The maximum Gasteiger partial charge on any atom is 0.376 e. The van der Waals surface area contributed by atoms with E-state index in [2.05, 4.69) is 11.4 Å². The minimum Gasteiger partial charge on any atom is -0.477 e. The summed E-state index contributed by atoms with van der Waals surface area (Å²) < 4.78 is 26.6. The van der Waals surface area contributed by atoms with Gasteiger partial charge in [-0.15, -0.1) is 0 Å². The summed E-state index contributed by atoms with van der Waals surface area (Å²) in [6, 6.07) is 20.2. The fourth-order valence-corrected chi connectivity index (χ4v) is 4.36. The quantitative estimate of drug-likeness (QED) is 0.247. The van der Waals surface area contributed by atoms with Crippen LogP contribution in [0.3, 0.4) is 0 Å². The topological polar surface area (TPSA) is 125 Å². The van der Waals surface area contributed by atoms with Crippen LogP contribution in [-0.4, -0.2) is 35.5 Å². The van der Waals surface area contributed by atoms with Gasteiger partial charge in [0.05, 0.1) is 13.1 Å². The summed E-state index contributed by atoms with van der Waals surface area (Å²) in [6.45, 7) is -1.18. The van der Waals surface area contributed by atoms with Gasteiger partial charge in [-0.2, -0.15) is 8.78 Å². The standard InChI is InChI=1S/C30H30F2N4O4/c31-30(32,28(38)39)19-34-27(37)23-11-9-20(10-12-23)18-36(29(40)35-25-8-4-7-24(33)17-25)26-15-13-22(14-16-26)21-5-2-1-3-6-21/h4-5,7-17H,1-3,6,18-19,33H2,(H,34,37)(H,35,40)(H,38,39). The molecule has 208 valence electrons. The SMILES string of the molecule is Nc1cccc(NC(=O)N(Cc2ccc(C(=O)NCC(F)(F)C(=O)O)cc2)c2ccc(C3=CCCCC3)cc2)c1. The number of carbonyl (C=O) groups is 3. The average Bonchev–Trinajstić information content (AvgIpc) is 2.95. The lowest BCUT2D eigenvalue weighted by atomic mass is 9.93. The first-order valence-electron chi connectivity index (χ1n) is 12.8. The van der Waals surface area contributed by atoms with Gasteiger partial charge in [-0.05, 0) is 84.8 Å². The molecule has 0 spiro atoms.